The lowest BCUT2D eigenvalue weighted by molar-refractivity contribution is -0.206. The van der Waals surface area contributed by atoms with Gasteiger partial charge in [0, 0.05) is 23.0 Å². The first-order chi connectivity index (χ1) is 17.5. The minimum absolute atomic E-state index is 0.0276. The zero-order valence-electron chi connectivity index (χ0n) is 22.9. The highest BCUT2D eigenvalue weighted by molar-refractivity contribution is 5.89. The second-order valence-electron chi connectivity index (χ2n) is 10.5. The maximum absolute atomic E-state index is 12.3. The highest BCUT2D eigenvalue weighted by Gasteiger charge is 2.26. The normalized spacial score (nSPS) is 18.6. The van der Waals surface area contributed by atoms with Crippen LogP contribution in [0, 0.1) is 11.8 Å². The monoisotopic (exact) mass is 516 g/mol. The molecule has 1 aliphatic heterocycles. The molecule has 1 saturated heterocycles. The molecule has 0 aromatic heterocycles. The van der Waals surface area contributed by atoms with Gasteiger partial charge >= 0.3 is 11.9 Å². The lowest BCUT2D eigenvalue weighted by atomic mass is 9.98. The fourth-order valence-corrected chi connectivity index (χ4v) is 3.86. The van der Waals surface area contributed by atoms with Gasteiger partial charge in [-0.25, -0.2) is 9.59 Å². The zero-order valence-corrected chi connectivity index (χ0v) is 22.9. The van der Waals surface area contributed by atoms with E-state index in [9.17, 15) is 14.7 Å². The summed E-state index contributed by atoms with van der Waals surface area (Å²) in [6.07, 6.45) is 5.81. The Balaban J connectivity index is 1.89. The Morgan fingerprint density at radius 1 is 1.05 bits per heavy atom. The van der Waals surface area contributed by atoms with Crippen molar-refractivity contribution in [2.45, 2.75) is 78.1 Å². The molecule has 0 aliphatic carbocycles. The molecule has 37 heavy (non-hydrogen) atoms. The standard InChI is InChI=1S/C30H44O7/c1-7-8-9-10-24-19-36-29(37-20-24)26-15-13-23(14-16-26)11-12-25(17-34-27(31)21(2)3)18-35-28(32)22(4)30(5,6)33/h13-16,24-25,29,33H,2,4,7-12,17-20H2,1,3,5-6H3. The number of benzene rings is 1. The van der Waals surface area contributed by atoms with E-state index in [1.807, 2.05) is 24.3 Å². The molecular formula is C30H44O7. The summed E-state index contributed by atoms with van der Waals surface area (Å²) in [4.78, 5) is 24.1. The van der Waals surface area contributed by atoms with Gasteiger partial charge in [0.05, 0.1) is 37.6 Å². The van der Waals surface area contributed by atoms with E-state index in [1.165, 1.54) is 33.1 Å². The van der Waals surface area contributed by atoms with E-state index in [1.54, 1.807) is 6.92 Å². The molecule has 0 bridgehead atoms. The number of esters is 2. The van der Waals surface area contributed by atoms with Crippen LogP contribution in [0.5, 0.6) is 0 Å². The first kappa shape index (κ1) is 30.7. The molecule has 1 N–H and O–H groups in total. The Morgan fingerprint density at radius 3 is 2.19 bits per heavy atom. The van der Waals surface area contributed by atoms with Crippen LogP contribution in [-0.4, -0.2) is 49.1 Å². The third-order valence-electron chi connectivity index (χ3n) is 6.51. The molecular weight excluding hydrogens is 472 g/mol. The second kappa shape index (κ2) is 15.1. The van der Waals surface area contributed by atoms with Crippen molar-refractivity contribution in [3.05, 3.63) is 59.7 Å². The van der Waals surface area contributed by atoms with Crippen LogP contribution in [-0.2, 0) is 35.0 Å². The van der Waals surface area contributed by atoms with Gasteiger partial charge in [0.1, 0.15) is 0 Å². The Morgan fingerprint density at radius 2 is 1.65 bits per heavy atom. The van der Waals surface area contributed by atoms with Gasteiger partial charge < -0.3 is 24.1 Å². The number of hydrogen-bond acceptors (Lipinski definition) is 7. The first-order valence-corrected chi connectivity index (χ1v) is 13.2. The molecule has 1 unspecified atom stereocenters. The minimum atomic E-state index is -1.37. The number of rotatable bonds is 15. The summed E-state index contributed by atoms with van der Waals surface area (Å²) in [5, 5.41) is 9.99. The van der Waals surface area contributed by atoms with E-state index in [2.05, 4.69) is 20.1 Å². The molecule has 0 radical (unpaired) electrons. The molecule has 7 heteroatoms. The van der Waals surface area contributed by atoms with Gasteiger partial charge in [0.25, 0.3) is 0 Å². The summed E-state index contributed by atoms with van der Waals surface area (Å²) in [5.41, 5.74) is 0.992. The quantitative estimate of drug-likeness (QED) is 0.188. The number of aryl methyl sites for hydroxylation is 1. The first-order valence-electron chi connectivity index (χ1n) is 13.2. The molecule has 1 aromatic carbocycles. The number of carbonyl (C=O) groups excluding carboxylic acids is 2. The molecule has 206 valence electrons. The third-order valence-corrected chi connectivity index (χ3v) is 6.51. The third kappa shape index (κ3) is 10.8. The van der Waals surface area contributed by atoms with Crippen molar-refractivity contribution in [3.63, 3.8) is 0 Å². The van der Waals surface area contributed by atoms with Gasteiger partial charge in [-0.05, 0) is 45.6 Å². The van der Waals surface area contributed by atoms with E-state index >= 15 is 0 Å². The van der Waals surface area contributed by atoms with Crippen LogP contribution in [0.2, 0.25) is 0 Å². The Bertz CT molecular complexity index is 890. The van der Waals surface area contributed by atoms with Crippen molar-refractivity contribution in [1.82, 2.24) is 0 Å². The van der Waals surface area contributed by atoms with Crippen LogP contribution in [0.25, 0.3) is 0 Å². The Labute approximate surface area is 221 Å². The van der Waals surface area contributed by atoms with Crippen molar-refractivity contribution in [1.29, 1.82) is 0 Å². The molecule has 7 nitrogen and oxygen atoms in total. The summed E-state index contributed by atoms with van der Waals surface area (Å²) in [6, 6.07) is 8.10. The van der Waals surface area contributed by atoms with E-state index < -0.39 is 17.5 Å². The zero-order chi connectivity index (χ0) is 27.4. The van der Waals surface area contributed by atoms with Gasteiger partial charge in [0.2, 0.25) is 0 Å². The molecule has 0 amide bonds. The van der Waals surface area contributed by atoms with Crippen LogP contribution in [0.15, 0.2) is 48.6 Å². The van der Waals surface area contributed by atoms with Crippen LogP contribution < -0.4 is 0 Å². The van der Waals surface area contributed by atoms with Gasteiger partial charge in [-0.1, -0.05) is 63.6 Å². The molecule has 1 fully saturated rings. The highest BCUT2D eigenvalue weighted by atomic mass is 16.7. The van der Waals surface area contributed by atoms with Crippen LogP contribution in [0.3, 0.4) is 0 Å². The number of hydrogen-bond donors (Lipinski definition) is 1. The lowest BCUT2D eigenvalue weighted by Gasteiger charge is -2.29. The van der Waals surface area contributed by atoms with Crippen molar-refractivity contribution in [3.8, 4) is 0 Å². The molecule has 0 spiro atoms. The van der Waals surface area contributed by atoms with E-state index in [-0.39, 0.29) is 31.0 Å². The second-order valence-corrected chi connectivity index (χ2v) is 10.5. The minimum Gasteiger partial charge on any atom is -0.462 e. The maximum atomic E-state index is 12.3. The topological polar surface area (TPSA) is 91.3 Å². The summed E-state index contributed by atoms with van der Waals surface area (Å²) in [5.74, 6) is -0.918. The Kier molecular flexibility index (Phi) is 12.5. The smallest absolute Gasteiger partial charge is 0.336 e. The average molecular weight is 517 g/mol. The molecule has 1 aliphatic rings. The summed E-state index contributed by atoms with van der Waals surface area (Å²) in [7, 11) is 0. The van der Waals surface area contributed by atoms with E-state index in [4.69, 9.17) is 18.9 Å². The SMILES string of the molecule is C=C(C)C(=O)OCC(CCc1ccc(C2OCC(CCCCC)CO2)cc1)COC(=O)C(=C)C(C)(C)O. The number of aliphatic hydroxyl groups is 1. The summed E-state index contributed by atoms with van der Waals surface area (Å²) < 4.78 is 22.6. The van der Waals surface area contributed by atoms with Crippen LogP contribution in [0.4, 0.5) is 0 Å². The summed E-state index contributed by atoms with van der Waals surface area (Å²) >= 11 is 0. The molecule has 1 atom stereocenters. The fourth-order valence-electron chi connectivity index (χ4n) is 3.86. The molecule has 2 rings (SSSR count). The van der Waals surface area contributed by atoms with Gasteiger partial charge in [-0.15, -0.1) is 0 Å². The van der Waals surface area contributed by atoms with Crippen molar-refractivity contribution >= 4 is 11.9 Å². The largest absolute Gasteiger partial charge is 0.462 e. The lowest BCUT2D eigenvalue weighted by Crippen LogP contribution is -2.30. The van der Waals surface area contributed by atoms with E-state index in [0.717, 1.165) is 30.8 Å². The van der Waals surface area contributed by atoms with Gasteiger partial charge in [-0.2, -0.15) is 0 Å². The molecule has 1 aromatic rings. The number of ether oxygens (including phenoxy) is 4. The fraction of sp³-hybridized carbons (Fsp3) is 0.600. The average Bonchev–Trinajstić information content (AvgIpc) is 2.87. The summed E-state index contributed by atoms with van der Waals surface area (Å²) in [6.45, 7) is 15.5. The highest BCUT2D eigenvalue weighted by Crippen LogP contribution is 2.28. The van der Waals surface area contributed by atoms with Gasteiger partial charge in [-0.3, -0.25) is 0 Å². The Hall–Kier alpha value is -2.48. The van der Waals surface area contributed by atoms with Crippen molar-refractivity contribution in [2.24, 2.45) is 11.8 Å². The molecule has 1 heterocycles. The number of carbonyl (C=O) groups is 2. The predicted octanol–water partition coefficient (Wildman–Crippen LogP) is 5.47. The number of unbranched alkanes of at least 4 members (excludes halogenated alkanes) is 2. The predicted molar refractivity (Wildman–Crippen MR) is 143 cm³/mol. The van der Waals surface area contributed by atoms with Crippen molar-refractivity contribution in [2.75, 3.05) is 26.4 Å². The van der Waals surface area contributed by atoms with Crippen LogP contribution in [0.1, 0.15) is 77.2 Å². The van der Waals surface area contributed by atoms with Crippen molar-refractivity contribution < 1.29 is 33.6 Å². The molecule has 0 saturated carbocycles. The van der Waals surface area contributed by atoms with Gasteiger partial charge in [0.15, 0.2) is 6.29 Å². The van der Waals surface area contributed by atoms with E-state index in [0.29, 0.717) is 24.3 Å². The maximum Gasteiger partial charge on any atom is 0.336 e. The van der Waals surface area contributed by atoms with Crippen LogP contribution >= 0.6 is 0 Å².